The van der Waals surface area contributed by atoms with Crippen LogP contribution in [-0.4, -0.2) is 12.3 Å². The van der Waals surface area contributed by atoms with E-state index in [9.17, 15) is 9.59 Å². The first kappa shape index (κ1) is 11.3. The van der Waals surface area contributed by atoms with Gasteiger partial charge in [-0.3, -0.25) is 9.59 Å². The van der Waals surface area contributed by atoms with E-state index in [1.807, 2.05) is 11.4 Å². The van der Waals surface area contributed by atoms with Gasteiger partial charge < -0.3 is 10.6 Å². The van der Waals surface area contributed by atoms with Gasteiger partial charge in [0.05, 0.1) is 4.88 Å². The van der Waals surface area contributed by atoms with Crippen molar-refractivity contribution in [2.45, 2.75) is 0 Å². The second-order valence-electron chi connectivity index (χ2n) is 3.27. The predicted molar refractivity (Wildman–Crippen MR) is 68.4 cm³/mol. The van der Waals surface area contributed by atoms with Gasteiger partial charge in [-0.25, -0.2) is 0 Å². The van der Waals surface area contributed by atoms with Gasteiger partial charge in [0.2, 0.25) is 6.41 Å². The molecule has 4 nitrogen and oxygen atoms in total. The van der Waals surface area contributed by atoms with Crippen molar-refractivity contribution in [1.82, 2.24) is 0 Å². The van der Waals surface area contributed by atoms with Crippen molar-refractivity contribution >= 4 is 35.0 Å². The number of hydrogen-bond donors (Lipinski definition) is 2. The molecule has 0 aliphatic rings. The van der Waals surface area contributed by atoms with E-state index in [4.69, 9.17) is 0 Å². The number of anilines is 2. The fourth-order valence-corrected chi connectivity index (χ4v) is 1.94. The molecule has 0 aliphatic carbocycles. The summed E-state index contributed by atoms with van der Waals surface area (Å²) in [6.45, 7) is 0. The maximum atomic E-state index is 11.7. The van der Waals surface area contributed by atoms with Crippen LogP contribution in [0.3, 0.4) is 0 Å². The number of amides is 2. The number of rotatable bonds is 4. The van der Waals surface area contributed by atoms with Crippen molar-refractivity contribution in [3.63, 3.8) is 0 Å². The molecular weight excluding hydrogens is 236 g/mol. The first-order valence-electron chi connectivity index (χ1n) is 4.95. The lowest BCUT2D eigenvalue weighted by Crippen LogP contribution is -2.09. The van der Waals surface area contributed by atoms with Crippen LogP contribution in [0.4, 0.5) is 11.4 Å². The SMILES string of the molecule is O=CNc1ccc(NC(=O)c2cccs2)cc1. The first-order valence-corrected chi connectivity index (χ1v) is 5.82. The van der Waals surface area contributed by atoms with E-state index in [2.05, 4.69) is 10.6 Å². The third-order valence-corrected chi connectivity index (χ3v) is 2.98. The van der Waals surface area contributed by atoms with Crippen LogP contribution in [0.1, 0.15) is 9.67 Å². The Balaban J connectivity index is 2.04. The van der Waals surface area contributed by atoms with Crippen molar-refractivity contribution in [3.8, 4) is 0 Å². The van der Waals surface area contributed by atoms with Crippen molar-refractivity contribution in [3.05, 3.63) is 46.7 Å². The van der Waals surface area contributed by atoms with Gasteiger partial charge >= 0.3 is 0 Å². The maximum absolute atomic E-state index is 11.7. The summed E-state index contributed by atoms with van der Waals surface area (Å²) in [4.78, 5) is 22.6. The summed E-state index contributed by atoms with van der Waals surface area (Å²) in [5.41, 5.74) is 1.38. The van der Waals surface area contributed by atoms with Crippen molar-refractivity contribution in [2.75, 3.05) is 10.6 Å². The lowest BCUT2D eigenvalue weighted by molar-refractivity contribution is -0.105. The van der Waals surface area contributed by atoms with Gasteiger partial charge in [-0.15, -0.1) is 11.3 Å². The Labute approximate surface area is 102 Å². The van der Waals surface area contributed by atoms with Crippen LogP contribution in [0.25, 0.3) is 0 Å². The molecule has 2 rings (SSSR count). The Morgan fingerprint density at radius 2 is 1.82 bits per heavy atom. The van der Waals surface area contributed by atoms with Crippen LogP contribution >= 0.6 is 11.3 Å². The number of benzene rings is 1. The highest BCUT2D eigenvalue weighted by molar-refractivity contribution is 7.12. The lowest BCUT2D eigenvalue weighted by Gasteiger charge is -2.04. The Kier molecular flexibility index (Phi) is 3.52. The molecule has 2 amide bonds. The van der Waals surface area contributed by atoms with E-state index in [-0.39, 0.29) is 5.91 Å². The first-order chi connectivity index (χ1) is 8.29. The van der Waals surface area contributed by atoms with Gasteiger partial charge in [0, 0.05) is 11.4 Å². The number of nitrogens with one attached hydrogen (secondary N) is 2. The highest BCUT2D eigenvalue weighted by Crippen LogP contribution is 2.15. The summed E-state index contributed by atoms with van der Waals surface area (Å²) in [5.74, 6) is -0.129. The fourth-order valence-electron chi connectivity index (χ4n) is 1.32. The topological polar surface area (TPSA) is 58.2 Å². The molecule has 0 radical (unpaired) electrons. The summed E-state index contributed by atoms with van der Waals surface area (Å²) < 4.78 is 0. The van der Waals surface area contributed by atoms with E-state index in [0.717, 1.165) is 0 Å². The van der Waals surface area contributed by atoms with Crippen LogP contribution in [-0.2, 0) is 4.79 Å². The second-order valence-corrected chi connectivity index (χ2v) is 4.22. The summed E-state index contributed by atoms with van der Waals surface area (Å²) >= 11 is 1.39. The van der Waals surface area contributed by atoms with E-state index in [1.54, 1.807) is 30.3 Å². The number of hydrogen-bond acceptors (Lipinski definition) is 3. The van der Waals surface area contributed by atoms with Crippen LogP contribution in [0.5, 0.6) is 0 Å². The van der Waals surface area contributed by atoms with E-state index in [0.29, 0.717) is 22.7 Å². The zero-order chi connectivity index (χ0) is 12.1. The third-order valence-electron chi connectivity index (χ3n) is 2.11. The summed E-state index contributed by atoms with van der Waals surface area (Å²) in [6, 6.07) is 10.5. The molecule has 0 unspecified atom stereocenters. The number of carbonyl (C=O) groups is 2. The van der Waals surface area contributed by atoms with E-state index in [1.165, 1.54) is 11.3 Å². The van der Waals surface area contributed by atoms with Crippen molar-refractivity contribution in [2.24, 2.45) is 0 Å². The van der Waals surface area contributed by atoms with Gasteiger partial charge in [-0.05, 0) is 35.7 Å². The van der Waals surface area contributed by atoms with Crippen molar-refractivity contribution < 1.29 is 9.59 Å². The third kappa shape index (κ3) is 2.92. The summed E-state index contributed by atoms with van der Waals surface area (Å²) in [7, 11) is 0. The fraction of sp³-hybridized carbons (Fsp3) is 0. The van der Waals surface area contributed by atoms with Crippen molar-refractivity contribution in [1.29, 1.82) is 0 Å². The summed E-state index contributed by atoms with van der Waals surface area (Å²) in [6.07, 6.45) is 0.610. The molecule has 1 aromatic heterocycles. The van der Waals surface area contributed by atoms with Gasteiger partial charge in [-0.1, -0.05) is 6.07 Å². The van der Waals surface area contributed by atoms with E-state index >= 15 is 0 Å². The Hall–Kier alpha value is -2.14. The average Bonchev–Trinajstić information content (AvgIpc) is 2.86. The average molecular weight is 246 g/mol. The molecule has 0 saturated heterocycles. The Morgan fingerprint density at radius 3 is 2.41 bits per heavy atom. The molecule has 2 N–H and O–H groups in total. The Bertz CT molecular complexity index is 506. The van der Waals surface area contributed by atoms with Crippen LogP contribution < -0.4 is 10.6 Å². The normalized spacial score (nSPS) is 9.65. The highest BCUT2D eigenvalue weighted by Gasteiger charge is 2.06. The molecule has 0 bridgehead atoms. The molecule has 0 fully saturated rings. The molecular formula is C12H10N2O2S. The standard InChI is InChI=1S/C12H10N2O2S/c15-8-13-9-3-5-10(6-4-9)14-12(16)11-2-1-7-17-11/h1-8H,(H,13,15)(H,14,16). The molecule has 1 aromatic carbocycles. The van der Waals surface area contributed by atoms with E-state index < -0.39 is 0 Å². The van der Waals surface area contributed by atoms with Gasteiger partial charge in [0.15, 0.2) is 0 Å². The second kappa shape index (κ2) is 5.27. The molecule has 2 aromatic rings. The molecule has 0 saturated carbocycles. The minimum Gasteiger partial charge on any atom is -0.329 e. The smallest absolute Gasteiger partial charge is 0.265 e. The van der Waals surface area contributed by atoms with Crippen LogP contribution in [0, 0.1) is 0 Å². The minimum atomic E-state index is -0.129. The number of carbonyl (C=O) groups excluding carboxylic acids is 2. The van der Waals surface area contributed by atoms with Crippen LogP contribution in [0.15, 0.2) is 41.8 Å². The molecule has 5 heteroatoms. The molecule has 86 valence electrons. The molecule has 17 heavy (non-hydrogen) atoms. The zero-order valence-corrected chi connectivity index (χ0v) is 9.66. The van der Waals surface area contributed by atoms with Crippen LogP contribution in [0.2, 0.25) is 0 Å². The zero-order valence-electron chi connectivity index (χ0n) is 8.84. The predicted octanol–water partition coefficient (Wildman–Crippen LogP) is 2.57. The van der Waals surface area contributed by atoms with Gasteiger partial charge in [0.1, 0.15) is 0 Å². The lowest BCUT2D eigenvalue weighted by atomic mass is 10.2. The molecule has 0 atom stereocenters. The largest absolute Gasteiger partial charge is 0.329 e. The molecule has 0 spiro atoms. The van der Waals surface area contributed by atoms with Gasteiger partial charge in [0.25, 0.3) is 5.91 Å². The molecule has 0 aliphatic heterocycles. The Morgan fingerprint density at radius 1 is 1.12 bits per heavy atom. The van der Waals surface area contributed by atoms with Gasteiger partial charge in [-0.2, -0.15) is 0 Å². The quantitative estimate of drug-likeness (QED) is 0.814. The maximum Gasteiger partial charge on any atom is 0.265 e. The monoisotopic (exact) mass is 246 g/mol. The highest BCUT2D eigenvalue weighted by atomic mass is 32.1. The number of thiophene rings is 1. The minimum absolute atomic E-state index is 0.129. The summed E-state index contributed by atoms with van der Waals surface area (Å²) in [5, 5.41) is 7.15. The molecule has 1 heterocycles.